The van der Waals surface area contributed by atoms with Crippen molar-refractivity contribution in [1.29, 1.82) is 0 Å². The molecule has 0 aliphatic heterocycles. The fourth-order valence-corrected chi connectivity index (χ4v) is 6.72. The Balaban J connectivity index is 1.59. The van der Waals surface area contributed by atoms with Gasteiger partial charge >= 0.3 is 0 Å². The Labute approximate surface area is 197 Å². The van der Waals surface area contributed by atoms with Gasteiger partial charge in [0.2, 0.25) is 0 Å². The van der Waals surface area contributed by atoms with Crippen molar-refractivity contribution in [1.82, 2.24) is 5.32 Å². The van der Waals surface area contributed by atoms with Crippen molar-refractivity contribution in [3.63, 3.8) is 0 Å². The Bertz CT molecular complexity index is 1250. The lowest BCUT2D eigenvalue weighted by Gasteiger charge is -2.14. The van der Waals surface area contributed by atoms with E-state index in [1.807, 2.05) is 30.3 Å². The summed E-state index contributed by atoms with van der Waals surface area (Å²) in [6.45, 7) is 0.462. The highest BCUT2D eigenvalue weighted by molar-refractivity contribution is 7.93. The highest BCUT2D eigenvalue weighted by atomic mass is 32.2. The van der Waals surface area contributed by atoms with Crippen LogP contribution in [0.5, 0.6) is 11.5 Å². The van der Waals surface area contributed by atoms with Gasteiger partial charge in [-0.2, -0.15) is 0 Å². The van der Waals surface area contributed by atoms with Gasteiger partial charge in [0.15, 0.2) is 0 Å². The molecule has 9 heteroatoms. The number of nitrogens with one attached hydrogen (secondary N) is 2. The number of amides is 1. The molecule has 1 amide bonds. The van der Waals surface area contributed by atoms with Gasteiger partial charge in [-0.05, 0) is 48.9 Å². The fraction of sp³-hybridized carbons (Fsp3) is 0.292. The molecule has 2 N–H and O–H groups in total. The average Bonchev–Trinajstić information content (AvgIpc) is 3.39. The van der Waals surface area contributed by atoms with Gasteiger partial charge in [-0.15, -0.1) is 11.3 Å². The second kappa shape index (κ2) is 9.84. The quantitative estimate of drug-likeness (QED) is 0.476. The van der Waals surface area contributed by atoms with Gasteiger partial charge in [0.25, 0.3) is 15.9 Å². The lowest BCUT2D eigenvalue weighted by Crippen LogP contribution is -2.27. The topological polar surface area (TPSA) is 93.7 Å². The number of hydrogen-bond donors (Lipinski definition) is 2. The molecule has 7 nitrogen and oxygen atoms in total. The monoisotopic (exact) mass is 486 g/mol. The SMILES string of the molecule is COc1ccc(OC)c(S(=O)(=O)Nc2sc3c(c2C(=O)NCCc2ccccc2)CCC3)c1. The third-order valence-corrected chi connectivity index (χ3v) is 8.29. The number of ether oxygens (including phenoxy) is 2. The Morgan fingerprint density at radius 2 is 1.85 bits per heavy atom. The molecule has 33 heavy (non-hydrogen) atoms. The Hall–Kier alpha value is -3.04. The summed E-state index contributed by atoms with van der Waals surface area (Å²) >= 11 is 1.33. The number of thiophene rings is 1. The second-order valence-corrected chi connectivity index (χ2v) is 10.4. The first-order valence-electron chi connectivity index (χ1n) is 10.6. The van der Waals surface area contributed by atoms with Gasteiger partial charge in [0.05, 0.1) is 19.8 Å². The number of carbonyl (C=O) groups excluding carboxylic acids is 1. The van der Waals surface area contributed by atoms with Gasteiger partial charge in [-0.1, -0.05) is 30.3 Å². The van der Waals surface area contributed by atoms with E-state index < -0.39 is 10.0 Å². The first-order valence-corrected chi connectivity index (χ1v) is 12.9. The highest BCUT2D eigenvalue weighted by Crippen LogP contribution is 2.40. The predicted molar refractivity (Wildman–Crippen MR) is 129 cm³/mol. The molecule has 0 bridgehead atoms. The zero-order valence-corrected chi connectivity index (χ0v) is 20.1. The predicted octanol–water partition coefficient (Wildman–Crippen LogP) is 4.03. The van der Waals surface area contributed by atoms with Crippen LogP contribution >= 0.6 is 11.3 Å². The Morgan fingerprint density at radius 3 is 2.58 bits per heavy atom. The maximum absolute atomic E-state index is 13.3. The minimum atomic E-state index is -4.02. The standard InChI is InChI=1S/C24H26N2O5S2/c1-30-17-11-12-19(31-2)21(15-17)33(28,29)26-24-22(18-9-6-10-20(18)32-24)23(27)25-14-13-16-7-4-3-5-8-16/h3-5,7-8,11-12,15,26H,6,9-10,13-14H2,1-2H3,(H,25,27). The van der Waals surface area contributed by atoms with Gasteiger partial charge in [-0.25, -0.2) is 8.42 Å². The molecule has 1 aromatic heterocycles. The van der Waals surface area contributed by atoms with Gasteiger partial charge < -0.3 is 14.8 Å². The third kappa shape index (κ3) is 4.99. The van der Waals surface area contributed by atoms with Gasteiger partial charge in [-0.3, -0.25) is 9.52 Å². The van der Waals surface area contributed by atoms with E-state index in [2.05, 4.69) is 10.0 Å². The van der Waals surface area contributed by atoms with Crippen LogP contribution in [0.4, 0.5) is 5.00 Å². The third-order valence-electron chi connectivity index (χ3n) is 5.58. The van der Waals surface area contributed by atoms with Crippen LogP contribution in [0.25, 0.3) is 0 Å². The summed E-state index contributed by atoms with van der Waals surface area (Å²) in [5, 5.41) is 3.29. The summed E-state index contributed by atoms with van der Waals surface area (Å²) < 4.78 is 39.6. The number of carbonyl (C=O) groups is 1. The van der Waals surface area contributed by atoms with Crippen LogP contribution in [-0.2, 0) is 29.3 Å². The summed E-state index contributed by atoms with van der Waals surface area (Å²) in [6.07, 6.45) is 3.26. The van der Waals surface area contributed by atoms with Crippen molar-refractivity contribution >= 4 is 32.3 Å². The molecule has 0 unspecified atom stereocenters. The number of rotatable bonds is 9. The molecule has 4 rings (SSSR count). The molecule has 0 atom stereocenters. The zero-order chi connectivity index (χ0) is 23.4. The van der Waals surface area contributed by atoms with E-state index in [0.717, 1.165) is 35.3 Å². The number of aryl methyl sites for hydroxylation is 1. The van der Waals surface area contributed by atoms with E-state index in [0.29, 0.717) is 29.3 Å². The molecule has 0 spiro atoms. The molecule has 1 aliphatic rings. The normalized spacial score (nSPS) is 12.8. The van der Waals surface area contributed by atoms with Crippen molar-refractivity contribution in [3.8, 4) is 11.5 Å². The summed E-state index contributed by atoms with van der Waals surface area (Å²) in [5.41, 5.74) is 2.48. The van der Waals surface area contributed by atoms with Crippen LogP contribution in [0.3, 0.4) is 0 Å². The van der Waals surface area contributed by atoms with Gasteiger partial charge in [0, 0.05) is 17.5 Å². The van der Waals surface area contributed by atoms with Crippen molar-refractivity contribution in [2.45, 2.75) is 30.6 Å². The Morgan fingerprint density at radius 1 is 1.06 bits per heavy atom. The van der Waals surface area contributed by atoms with E-state index >= 15 is 0 Å². The molecule has 1 aliphatic carbocycles. The number of methoxy groups -OCH3 is 2. The average molecular weight is 487 g/mol. The maximum atomic E-state index is 13.3. The molecular formula is C24H26N2O5S2. The lowest BCUT2D eigenvalue weighted by molar-refractivity contribution is 0.0954. The second-order valence-electron chi connectivity index (χ2n) is 7.68. The number of anilines is 1. The van der Waals surface area contributed by atoms with Crippen LogP contribution < -0.4 is 19.5 Å². The molecule has 0 saturated carbocycles. The zero-order valence-electron chi connectivity index (χ0n) is 18.5. The molecule has 2 aromatic carbocycles. The first kappa shape index (κ1) is 23.1. The summed E-state index contributed by atoms with van der Waals surface area (Å²) in [5.74, 6) is 0.325. The van der Waals surface area contributed by atoms with E-state index in [4.69, 9.17) is 9.47 Å². The van der Waals surface area contributed by atoms with Crippen LogP contribution in [0.1, 0.15) is 32.8 Å². The summed E-state index contributed by atoms with van der Waals surface area (Å²) in [4.78, 5) is 14.1. The maximum Gasteiger partial charge on any atom is 0.266 e. The van der Waals surface area contributed by atoms with Crippen LogP contribution in [0.15, 0.2) is 53.4 Å². The summed E-state index contributed by atoms with van der Waals surface area (Å²) in [6, 6.07) is 14.5. The molecule has 1 heterocycles. The molecule has 0 fully saturated rings. The molecule has 0 saturated heterocycles. The Kier molecular flexibility index (Phi) is 6.90. The lowest BCUT2D eigenvalue weighted by atomic mass is 10.1. The van der Waals surface area contributed by atoms with Crippen molar-refractivity contribution in [2.24, 2.45) is 0 Å². The fourth-order valence-electron chi connectivity index (χ4n) is 3.94. The first-order chi connectivity index (χ1) is 15.9. The van der Waals surface area contributed by atoms with Crippen molar-refractivity contribution in [3.05, 3.63) is 70.1 Å². The largest absolute Gasteiger partial charge is 0.497 e. The smallest absolute Gasteiger partial charge is 0.266 e. The number of fused-ring (bicyclic) bond motifs is 1. The van der Waals surface area contributed by atoms with E-state index in [1.165, 1.54) is 31.6 Å². The number of benzene rings is 2. The van der Waals surface area contributed by atoms with Crippen LogP contribution in [-0.4, -0.2) is 35.1 Å². The molecule has 174 valence electrons. The minimum absolute atomic E-state index is 0.0478. The van der Waals surface area contributed by atoms with Crippen LogP contribution in [0.2, 0.25) is 0 Å². The number of sulfonamides is 1. The van der Waals surface area contributed by atoms with Crippen molar-refractivity contribution in [2.75, 3.05) is 25.5 Å². The van der Waals surface area contributed by atoms with Crippen molar-refractivity contribution < 1.29 is 22.7 Å². The highest BCUT2D eigenvalue weighted by Gasteiger charge is 2.30. The van der Waals surface area contributed by atoms with E-state index in [1.54, 1.807) is 12.1 Å². The van der Waals surface area contributed by atoms with E-state index in [9.17, 15) is 13.2 Å². The minimum Gasteiger partial charge on any atom is -0.497 e. The van der Waals surface area contributed by atoms with E-state index in [-0.39, 0.29) is 16.6 Å². The molecule has 3 aromatic rings. The number of hydrogen-bond acceptors (Lipinski definition) is 6. The molecular weight excluding hydrogens is 460 g/mol. The van der Waals surface area contributed by atoms with Crippen LogP contribution in [0, 0.1) is 0 Å². The van der Waals surface area contributed by atoms with Gasteiger partial charge in [0.1, 0.15) is 21.4 Å². The molecule has 0 radical (unpaired) electrons. The summed E-state index contributed by atoms with van der Waals surface area (Å²) in [7, 11) is -1.15.